The normalized spacial score (nSPS) is 11.0. The first-order chi connectivity index (χ1) is 13.7. The number of carbonyl (C=O) groups excluding carboxylic acids is 1. The van der Waals surface area contributed by atoms with E-state index >= 15 is 0 Å². The number of nitrogens with two attached hydrogens (primary N) is 1. The van der Waals surface area contributed by atoms with Crippen molar-refractivity contribution < 1.29 is 9.53 Å². The lowest BCUT2D eigenvalue weighted by molar-refractivity contribution is 0.00708. The lowest BCUT2D eigenvalue weighted by Crippen LogP contribution is -2.24. The van der Waals surface area contributed by atoms with E-state index in [1.807, 2.05) is 37.3 Å². The molecule has 2 heterocycles. The van der Waals surface area contributed by atoms with Crippen molar-refractivity contribution in [3.63, 3.8) is 0 Å². The van der Waals surface area contributed by atoms with Crippen molar-refractivity contribution in [2.75, 3.05) is 11.1 Å². The molecule has 3 rings (SSSR count). The van der Waals surface area contributed by atoms with Crippen molar-refractivity contribution in [3.05, 3.63) is 53.3 Å². The molecule has 0 saturated heterocycles. The molecule has 9 heteroatoms. The topological polar surface area (TPSA) is 132 Å². The van der Waals surface area contributed by atoms with Crippen LogP contribution < -0.4 is 11.1 Å². The Bertz CT molecular complexity index is 1110. The Morgan fingerprint density at radius 2 is 2.00 bits per heavy atom. The van der Waals surface area contributed by atoms with E-state index in [0.717, 1.165) is 11.3 Å². The molecule has 0 radical (unpaired) electrons. The molecule has 0 spiro atoms. The number of nitrogen functional groups attached to an aromatic ring is 1. The van der Waals surface area contributed by atoms with E-state index in [1.165, 1.54) is 16.9 Å². The number of aryl methyl sites for hydroxylation is 1. The number of aromatic nitrogens is 4. The van der Waals surface area contributed by atoms with Gasteiger partial charge in [0, 0.05) is 11.8 Å². The van der Waals surface area contributed by atoms with Gasteiger partial charge in [-0.15, -0.1) is 0 Å². The van der Waals surface area contributed by atoms with Crippen molar-refractivity contribution in [1.82, 2.24) is 19.7 Å². The molecule has 1 aromatic carbocycles. The molecule has 9 nitrogen and oxygen atoms in total. The number of benzene rings is 1. The smallest absolute Gasteiger partial charge is 0.344 e. The summed E-state index contributed by atoms with van der Waals surface area (Å²) in [4.78, 5) is 20.9. The highest BCUT2D eigenvalue weighted by atomic mass is 16.6. The van der Waals surface area contributed by atoms with Gasteiger partial charge in [-0.1, -0.05) is 18.2 Å². The molecule has 0 aliphatic rings. The summed E-state index contributed by atoms with van der Waals surface area (Å²) in [6.45, 7) is 7.23. The SMILES string of the molecule is Cc1ccccc1Nc1cc(C#N)nc(-n2ncc(C(=O)OC(C)(C)C)c2N)n1. The number of nitrogens with one attached hydrogen (secondary N) is 1. The van der Waals surface area contributed by atoms with Gasteiger partial charge in [-0.25, -0.2) is 4.79 Å². The van der Waals surface area contributed by atoms with Crippen molar-refractivity contribution in [3.8, 4) is 12.0 Å². The Balaban J connectivity index is 1.98. The summed E-state index contributed by atoms with van der Waals surface area (Å²) >= 11 is 0. The minimum Gasteiger partial charge on any atom is -0.456 e. The van der Waals surface area contributed by atoms with Crippen LogP contribution >= 0.6 is 0 Å². The summed E-state index contributed by atoms with van der Waals surface area (Å²) in [6, 6.07) is 11.2. The van der Waals surface area contributed by atoms with Crippen LogP contribution in [0.5, 0.6) is 0 Å². The second kappa shape index (κ2) is 7.59. The van der Waals surface area contributed by atoms with Gasteiger partial charge in [0.15, 0.2) is 0 Å². The first kappa shape index (κ1) is 19.8. The third kappa shape index (κ3) is 4.50. The summed E-state index contributed by atoms with van der Waals surface area (Å²) in [5.41, 5.74) is 7.49. The highest BCUT2D eigenvalue weighted by molar-refractivity contribution is 5.94. The van der Waals surface area contributed by atoms with Gasteiger partial charge in [-0.05, 0) is 39.3 Å². The van der Waals surface area contributed by atoms with E-state index in [-0.39, 0.29) is 23.0 Å². The molecule has 0 saturated carbocycles. The molecular weight excluding hydrogens is 370 g/mol. The fraction of sp³-hybridized carbons (Fsp3) is 0.250. The lowest BCUT2D eigenvalue weighted by Gasteiger charge is -2.19. The highest BCUT2D eigenvalue weighted by Gasteiger charge is 2.24. The molecule has 0 aliphatic carbocycles. The van der Waals surface area contributed by atoms with Gasteiger partial charge in [0.2, 0.25) is 0 Å². The summed E-state index contributed by atoms with van der Waals surface area (Å²) in [5, 5.41) is 16.6. The number of nitrogens with zero attached hydrogens (tertiary/aromatic N) is 5. The van der Waals surface area contributed by atoms with E-state index < -0.39 is 11.6 Å². The van der Waals surface area contributed by atoms with E-state index in [1.54, 1.807) is 20.8 Å². The zero-order valence-electron chi connectivity index (χ0n) is 16.6. The molecule has 2 aromatic heterocycles. The average molecular weight is 391 g/mol. The summed E-state index contributed by atoms with van der Waals surface area (Å²) in [5.74, 6) is -0.117. The minimum atomic E-state index is -0.673. The first-order valence-corrected chi connectivity index (χ1v) is 8.87. The standard InChI is InChI=1S/C20H21N7O2/c1-12-7-5-6-8-15(12)25-16-9-13(10-21)24-19(26-16)27-17(22)14(11-23-27)18(28)29-20(2,3)4/h5-9,11H,22H2,1-4H3,(H,24,25,26). The maximum atomic E-state index is 12.3. The first-order valence-electron chi connectivity index (χ1n) is 8.87. The fourth-order valence-corrected chi connectivity index (χ4v) is 2.51. The van der Waals surface area contributed by atoms with Crippen LogP contribution in [0.3, 0.4) is 0 Å². The molecule has 0 fully saturated rings. The largest absolute Gasteiger partial charge is 0.456 e. The Morgan fingerprint density at radius 3 is 2.66 bits per heavy atom. The number of nitriles is 1. The molecule has 0 unspecified atom stereocenters. The fourth-order valence-electron chi connectivity index (χ4n) is 2.51. The number of anilines is 3. The number of carbonyl (C=O) groups is 1. The van der Waals surface area contributed by atoms with Crippen LogP contribution in [0.15, 0.2) is 36.5 Å². The van der Waals surface area contributed by atoms with Crippen LogP contribution in [0.25, 0.3) is 5.95 Å². The van der Waals surface area contributed by atoms with Gasteiger partial charge in [-0.2, -0.15) is 25.0 Å². The van der Waals surface area contributed by atoms with Crippen molar-refractivity contribution >= 4 is 23.3 Å². The van der Waals surface area contributed by atoms with Crippen molar-refractivity contribution in [2.24, 2.45) is 0 Å². The Labute approximate surface area is 168 Å². The number of ether oxygens (including phenoxy) is 1. The van der Waals surface area contributed by atoms with Crippen LogP contribution in [0.2, 0.25) is 0 Å². The summed E-state index contributed by atoms with van der Waals surface area (Å²) < 4.78 is 6.53. The molecule has 0 atom stereocenters. The predicted octanol–water partition coefficient (Wildman–Crippen LogP) is 3.12. The van der Waals surface area contributed by atoms with Gasteiger partial charge in [0.05, 0.1) is 6.20 Å². The second-order valence-electron chi connectivity index (χ2n) is 7.35. The van der Waals surface area contributed by atoms with Crippen molar-refractivity contribution in [1.29, 1.82) is 5.26 Å². The third-order valence-electron chi connectivity index (χ3n) is 3.85. The summed E-state index contributed by atoms with van der Waals surface area (Å²) in [7, 11) is 0. The number of para-hydroxylation sites is 1. The molecule has 148 valence electrons. The van der Waals surface area contributed by atoms with Gasteiger partial charge < -0.3 is 15.8 Å². The quantitative estimate of drug-likeness (QED) is 0.648. The second-order valence-corrected chi connectivity index (χ2v) is 7.35. The molecule has 3 aromatic rings. The van der Waals surface area contributed by atoms with Crippen LogP contribution in [0.4, 0.5) is 17.3 Å². The number of hydrogen-bond donors (Lipinski definition) is 2. The van der Waals surface area contributed by atoms with Crippen LogP contribution in [0.1, 0.15) is 42.4 Å². The maximum Gasteiger partial charge on any atom is 0.344 e. The Morgan fingerprint density at radius 1 is 1.28 bits per heavy atom. The van der Waals surface area contributed by atoms with E-state index in [4.69, 9.17) is 10.5 Å². The van der Waals surface area contributed by atoms with Gasteiger partial charge in [0.1, 0.15) is 34.6 Å². The van der Waals surface area contributed by atoms with E-state index in [2.05, 4.69) is 20.4 Å². The minimum absolute atomic E-state index is 0.0242. The van der Waals surface area contributed by atoms with Gasteiger partial charge >= 0.3 is 5.97 Å². The van der Waals surface area contributed by atoms with Gasteiger partial charge in [-0.3, -0.25) is 0 Å². The Hall–Kier alpha value is -3.93. The van der Waals surface area contributed by atoms with E-state index in [0.29, 0.717) is 5.82 Å². The molecule has 0 aliphatic heterocycles. The monoisotopic (exact) mass is 391 g/mol. The molecule has 3 N–H and O–H groups in total. The highest BCUT2D eigenvalue weighted by Crippen LogP contribution is 2.22. The van der Waals surface area contributed by atoms with E-state index in [9.17, 15) is 10.1 Å². The zero-order chi connectivity index (χ0) is 21.2. The number of esters is 1. The third-order valence-corrected chi connectivity index (χ3v) is 3.85. The molecule has 29 heavy (non-hydrogen) atoms. The molecule has 0 amide bonds. The van der Waals surface area contributed by atoms with Gasteiger partial charge in [0.25, 0.3) is 5.95 Å². The van der Waals surface area contributed by atoms with Crippen LogP contribution in [-0.4, -0.2) is 31.3 Å². The number of rotatable bonds is 4. The maximum absolute atomic E-state index is 12.3. The zero-order valence-corrected chi connectivity index (χ0v) is 16.6. The number of hydrogen-bond acceptors (Lipinski definition) is 8. The van der Waals surface area contributed by atoms with Crippen molar-refractivity contribution in [2.45, 2.75) is 33.3 Å². The van der Waals surface area contributed by atoms with Crippen LogP contribution in [-0.2, 0) is 4.74 Å². The molecule has 0 bridgehead atoms. The lowest BCUT2D eigenvalue weighted by atomic mass is 10.2. The average Bonchev–Trinajstić information content (AvgIpc) is 3.03. The van der Waals surface area contributed by atoms with Crippen LogP contribution in [0, 0.1) is 18.3 Å². The molecular formula is C20H21N7O2. The predicted molar refractivity (Wildman–Crippen MR) is 108 cm³/mol. The summed E-state index contributed by atoms with van der Waals surface area (Å²) in [6.07, 6.45) is 1.29. The Kier molecular flexibility index (Phi) is 5.19.